The molecule has 30 heavy (non-hydrogen) atoms. The summed E-state index contributed by atoms with van der Waals surface area (Å²) >= 11 is 0. The normalized spacial score (nSPS) is 18.2. The van der Waals surface area contributed by atoms with E-state index in [1.807, 2.05) is 24.3 Å². The fourth-order valence-corrected chi connectivity index (χ4v) is 3.42. The minimum atomic E-state index is -0.292. The third-order valence-corrected chi connectivity index (χ3v) is 5.10. The quantitative estimate of drug-likeness (QED) is 0.470. The minimum Gasteiger partial charge on any atom is -0.460 e. The van der Waals surface area contributed by atoms with E-state index >= 15 is 0 Å². The van der Waals surface area contributed by atoms with Crippen LogP contribution in [-0.2, 0) is 7.05 Å². The van der Waals surface area contributed by atoms with Gasteiger partial charge in [-0.3, -0.25) is 9.48 Å². The summed E-state index contributed by atoms with van der Waals surface area (Å²) in [5.41, 5.74) is 3.58. The standard InChI is InChI=1S/C21H20N6O3/c1-27-11-13(10-23-27)20(29)24-14-3-2-12-6-19(25-18(12)7-14)17-4-5-22-21(26-17)30-16-8-15(28)9-16/h2-7,10-11,15-16,25,28H,8-9H2,1H3,(H,24,29). The van der Waals surface area contributed by atoms with Crippen molar-refractivity contribution in [1.29, 1.82) is 0 Å². The SMILES string of the molecule is Cn1cc(C(=O)Nc2ccc3cc(-c4ccnc(OC5CC(O)C5)n4)[nH]c3c2)cn1. The van der Waals surface area contributed by atoms with E-state index in [0.717, 1.165) is 16.6 Å². The number of benzene rings is 1. The van der Waals surface area contributed by atoms with E-state index < -0.39 is 0 Å². The van der Waals surface area contributed by atoms with E-state index in [2.05, 4.69) is 25.4 Å². The lowest BCUT2D eigenvalue weighted by Gasteiger charge is -2.30. The molecule has 1 saturated carbocycles. The van der Waals surface area contributed by atoms with Gasteiger partial charge in [0.1, 0.15) is 6.10 Å². The third kappa shape index (κ3) is 3.62. The number of H-pyrrole nitrogens is 1. The van der Waals surface area contributed by atoms with E-state index in [0.29, 0.717) is 35.8 Å². The first kappa shape index (κ1) is 18.3. The first-order valence-corrected chi connectivity index (χ1v) is 9.64. The van der Waals surface area contributed by atoms with Crippen LogP contribution in [0.15, 0.2) is 48.9 Å². The summed E-state index contributed by atoms with van der Waals surface area (Å²) in [6.45, 7) is 0. The average Bonchev–Trinajstić information content (AvgIpc) is 3.33. The zero-order chi connectivity index (χ0) is 20.7. The maximum atomic E-state index is 12.3. The van der Waals surface area contributed by atoms with Gasteiger partial charge in [0.2, 0.25) is 0 Å². The van der Waals surface area contributed by atoms with Gasteiger partial charge < -0.3 is 20.1 Å². The summed E-state index contributed by atoms with van der Waals surface area (Å²) < 4.78 is 7.30. The number of nitrogens with one attached hydrogen (secondary N) is 2. The number of carbonyl (C=O) groups is 1. The third-order valence-electron chi connectivity index (χ3n) is 5.10. The zero-order valence-corrected chi connectivity index (χ0v) is 16.2. The van der Waals surface area contributed by atoms with E-state index in [-0.39, 0.29) is 18.1 Å². The van der Waals surface area contributed by atoms with Crippen LogP contribution in [0.4, 0.5) is 5.69 Å². The molecule has 0 unspecified atom stereocenters. The Balaban J connectivity index is 1.35. The molecule has 1 aliphatic rings. The number of anilines is 1. The van der Waals surface area contributed by atoms with Crippen molar-refractivity contribution in [3.05, 3.63) is 54.5 Å². The summed E-state index contributed by atoms with van der Waals surface area (Å²) in [6.07, 6.45) is 5.72. The van der Waals surface area contributed by atoms with E-state index in [1.54, 1.807) is 30.2 Å². The molecule has 1 amide bonds. The fraction of sp³-hybridized carbons (Fsp3) is 0.238. The van der Waals surface area contributed by atoms with Crippen LogP contribution in [0.25, 0.3) is 22.3 Å². The van der Waals surface area contributed by atoms with Crippen LogP contribution in [0, 0.1) is 0 Å². The van der Waals surface area contributed by atoms with Crippen molar-refractivity contribution in [3.8, 4) is 17.4 Å². The van der Waals surface area contributed by atoms with Crippen LogP contribution >= 0.6 is 0 Å². The highest BCUT2D eigenvalue weighted by molar-refractivity contribution is 6.04. The maximum Gasteiger partial charge on any atom is 0.317 e. The number of aromatic amines is 1. The molecule has 152 valence electrons. The Morgan fingerprint density at radius 2 is 2.17 bits per heavy atom. The van der Waals surface area contributed by atoms with Crippen LogP contribution in [0.2, 0.25) is 0 Å². The maximum absolute atomic E-state index is 12.3. The number of aliphatic hydroxyl groups is 1. The molecule has 5 rings (SSSR count). The van der Waals surface area contributed by atoms with Crippen molar-refractivity contribution in [2.45, 2.75) is 25.0 Å². The van der Waals surface area contributed by atoms with Crippen molar-refractivity contribution in [2.75, 3.05) is 5.32 Å². The molecule has 0 aliphatic heterocycles. The van der Waals surface area contributed by atoms with Crippen LogP contribution in [-0.4, -0.2) is 48.0 Å². The van der Waals surface area contributed by atoms with Crippen molar-refractivity contribution in [1.82, 2.24) is 24.7 Å². The minimum absolute atomic E-state index is 0.0380. The summed E-state index contributed by atoms with van der Waals surface area (Å²) in [5, 5.41) is 17.3. The molecule has 3 N–H and O–H groups in total. The first-order chi connectivity index (χ1) is 14.5. The van der Waals surface area contributed by atoms with Gasteiger partial charge in [0.05, 0.1) is 29.3 Å². The lowest BCUT2D eigenvalue weighted by atomic mass is 9.92. The number of rotatable bonds is 5. The van der Waals surface area contributed by atoms with Crippen LogP contribution in [0.3, 0.4) is 0 Å². The zero-order valence-electron chi connectivity index (χ0n) is 16.2. The highest BCUT2D eigenvalue weighted by atomic mass is 16.5. The second kappa shape index (κ2) is 7.27. The molecule has 0 saturated heterocycles. The lowest BCUT2D eigenvalue weighted by molar-refractivity contribution is -0.0150. The molecule has 0 bridgehead atoms. The molecule has 0 radical (unpaired) electrons. The molecule has 3 heterocycles. The van der Waals surface area contributed by atoms with Gasteiger partial charge in [-0.2, -0.15) is 10.1 Å². The number of nitrogens with zero attached hydrogens (tertiary/aromatic N) is 4. The van der Waals surface area contributed by atoms with Crippen molar-refractivity contribution < 1.29 is 14.6 Å². The first-order valence-electron chi connectivity index (χ1n) is 9.64. The summed E-state index contributed by atoms with van der Waals surface area (Å²) in [7, 11) is 1.77. The topological polar surface area (TPSA) is 118 Å². The molecular formula is C21H20N6O3. The molecule has 4 aromatic rings. The van der Waals surface area contributed by atoms with Crippen molar-refractivity contribution in [3.63, 3.8) is 0 Å². The Morgan fingerprint density at radius 3 is 2.93 bits per heavy atom. The number of carbonyl (C=O) groups excluding carboxylic acids is 1. The predicted molar refractivity (Wildman–Crippen MR) is 110 cm³/mol. The second-order valence-electron chi connectivity index (χ2n) is 7.43. The number of hydrogen-bond donors (Lipinski definition) is 3. The molecule has 9 nitrogen and oxygen atoms in total. The highest BCUT2D eigenvalue weighted by Gasteiger charge is 2.29. The Hall–Kier alpha value is -3.72. The number of ether oxygens (including phenoxy) is 1. The fourth-order valence-electron chi connectivity index (χ4n) is 3.42. The molecule has 1 aliphatic carbocycles. The number of aliphatic hydroxyl groups excluding tert-OH is 1. The van der Waals surface area contributed by atoms with Gasteiger partial charge in [-0.1, -0.05) is 6.07 Å². The lowest BCUT2D eigenvalue weighted by Crippen LogP contribution is -2.37. The molecule has 3 aromatic heterocycles. The van der Waals surface area contributed by atoms with Gasteiger partial charge in [-0.25, -0.2) is 4.98 Å². The van der Waals surface area contributed by atoms with E-state index in [9.17, 15) is 9.90 Å². The second-order valence-corrected chi connectivity index (χ2v) is 7.43. The van der Waals surface area contributed by atoms with Crippen LogP contribution in [0.1, 0.15) is 23.2 Å². The molecule has 0 atom stereocenters. The smallest absolute Gasteiger partial charge is 0.317 e. The summed E-state index contributed by atoms with van der Waals surface area (Å²) in [5.74, 6) is -0.215. The Labute approximate surface area is 171 Å². The molecule has 9 heteroatoms. The predicted octanol–water partition coefficient (Wildman–Crippen LogP) is 2.51. The van der Waals surface area contributed by atoms with Crippen molar-refractivity contribution in [2.24, 2.45) is 7.05 Å². The van der Waals surface area contributed by atoms with Crippen LogP contribution in [0.5, 0.6) is 6.01 Å². The molecular weight excluding hydrogens is 384 g/mol. The number of amides is 1. The van der Waals surface area contributed by atoms with Crippen LogP contribution < -0.4 is 10.1 Å². The highest BCUT2D eigenvalue weighted by Crippen LogP contribution is 2.28. The molecule has 1 fully saturated rings. The number of fused-ring (bicyclic) bond motifs is 1. The van der Waals surface area contributed by atoms with Gasteiger partial charge in [0.15, 0.2) is 0 Å². The molecule has 0 spiro atoms. The number of aryl methyl sites for hydroxylation is 1. The van der Waals surface area contributed by atoms with Gasteiger partial charge in [0, 0.05) is 48.9 Å². The number of hydrogen-bond acceptors (Lipinski definition) is 6. The summed E-state index contributed by atoms with van der Waals surface area (Å²) in [4.78, 5) is 24.3. The summed E-state index contributed by atoms with van der Waals surface area (Å²) in [6, 6.07) is 9.75. The largest absolute Gasteiger partial charge is 0.460 e. The monoisotopic (exact) mass is 404 g/mol. The Morgan fingerprint density at radius 1 is 1.30 bits per heavy atom. The Bertz CT molecular complexity index is 1220. The number of aromatic nitrogens is 5. The van der Waals surface area contributed by atoms with Gasteiger partial charge in [0.25, 0.3) is 5.91 Å². The molecule has 1 aromatic carbocycles. The average molecular weight is 404 g/mol. The van der Waals surface area contributed by atoms with E-state index in [1.165, 1.54) is 6.20 Å². The van der Waals surface area contributed by atoms with Crippen molar-refractivity contribution >= 4 is 22.5 Å². The van der Waals surface area contributed by atoms with Gasteiger partial charge in [-0.15, -0.1) is 0 Å². The van der Waals surface area contributed by atoms with E-state index in [4.69, 9.17) is 4.74 Å². The van der Waals surface area contributed by atoms with Gasteiger partial charge >= 0.3 is 6.01 Å². The van der Waals surface area contributed by atoms with Gasteiger partial charge in [-0.05, 0) is 24.3 Å². The Kier molecular flexibility index (Phi) is 4.44.